The highest BCUT2D eigenvalue weighted by Gasteiger charge is 2.62. The van der Waals surface area contributed by atoms with Gasteiger partial charge in [0.2, 0.25) is 11.8 Å². The number of anilines is 1. The molecule has 0 radical (unpaired) electrons. The molecule has 2 aromatic rings. The Morgan fingerprint density at radius 1 is 1.17 bits per heavy atom. The average Bonchev–Trinajstić information content (AvgIpc) is 2.94. The molecule has 148 valence electrons. The van der Waals surface area contributed by atoms with E-state index in [-0.39, 0.29) is 17.6 Å². The molecule has 0 aromatic heterocycles. The Labute approximate surface area is 169 Å². The molecule has 5 heteroatoms. The third kappa shape index (κ3) is 2.61. The fourth-order valence-corrected chi connectivity index (χ4v) is 4.75. The second-order valence-corrected chi connectivity index (χ2v) is 7.62. The van der Waals surface area contributed by atoms with Gasteiger partial charge in [0.1, 0.15) is 0 Å². The molecule has 1 N–H and O–H groups in total. The lowest BCUT2D eigenvalue weighted by molar-refractivity contribution is -0.127. The minimum absolute atomic E-state index is 0.0203. The Morgan fingerprint density at radius 2 is 1.90 bits per heavy atom. The highest BCUT2D eigenvalue weighted by atomic mass is 16.5. The van der Waals surface area contributed by atoms with Gasteiger partial charge < -0.3 is 9.84 Å². The molecule has 29 heavy (non-hydrogen) atoms. The monoisotopic (exact) mass is 389 g/mol. The Balaban J connectivity index is 1.91. The maximum atomic E-state index is 13.7. The number of aromatic hydroxyl groups is 1. The van der Waals surface area contributed by atoms with Gasteiger partial charge in [-0.05, 0) is 37.1 Å². The first kappa shape index (κ1) is 19.0. The summed E-state index contributed by atoms with van der Waals surface area (Å²) in [5.74, 6) is -1.20. The van der Waals surface area contributed by atoms with Gasteiger partial charge in [0.05, 0.1) is 24.1 Å². The number of rotatable bonds is 4. The van der Waals surface area contributed by atoms with E-state index in [9.17, 15) is 14.7 Å². The fraction of sp³-hybridized carbons (Fsp3) is 0.250. The highest BCUT2D eigenvalue weighted by Crippen LogP contribution is 2.58. The fourth-order valence-electron chi connectivity index (χ4n) is 4.75. The summed E-state index contributed by atoms with van der Waals surface area (Å²) >= 11 is 0. The van der Waals surface area contributed by atoms with Gasteiger partial charge in [0, 0.05) is 11.5 Å². The predicted octanol–water partition coefficient (Wildman–Crippen LogP) is 4.20. The van der Waals surface area contributed by atoms with Crippen LogP contribution in [0.1, 0.15) is 24.8 Å². The van der Waals surface area contributed by atoms with Gasteiger partial charge >= 0.3 is 0 Å². The number of amides is 2. The van der Waals surface area contributed by atoms with Crippen molar-refractivity contribution in [3.8, 4) is 11.5 Å². The third-order valence-corrected chi connectivity index (χ3v) is 6.24. The largest absolute Gasteiger partial charge is 0.504 e. The van der Waals surface area contributed by atoms with Crippen molar-refractivity contribution in [1.82, 2.24) is 0 Å². The molecule has 1 aliphatic heterocycles. The Bertz CT molecular complexity index is 1030. The van der Waals surface area contributed by atoms with Gasteiger partial charge in [-0.25, -0.2) is 4.90 Å². The van der Waals surface area contributed by atoms with Crippen LogP contribution in [0.4, 0.5) is 5.69 Å². The number of allylic oxidation sites excluding steroid dienone is 3. The van der Waals surface area contributed by atoms with Crippen LogP contribution in [0, 0.1) is 11.3 Å². The first-order valence-corrected chi connectivity index (χ1v) is 9.57. The average molecular weight is 389 g/mol. The zero-order chi connectivity index (χ0) is 20.8. The van der Waals surface area contributed by atoms with E-state index in [4.69, 9.17) is 4.74 Å². The molecule has 2 aromatic carbocycles. The number of nitrogens with zero attached hydrogens (tertiary/aromatic N) is 1. The first-order valence-electron chi connectivity index (χ1n) is 9.57. The summed E-state index contributed by atoms with van der Waals surface area (Å²) in [6, 6.07) is 14.2. The maximum Gasteiger partial charge on any atom is 0.241 e. The number of ether oxygens (including phenoxy) is 1. The summed E-state index contributed by atoms with van der Waals surface area (Å²) in [6.45, 7) is 5.73. The predicted molar refractivity (Wildman–Crippen MR) is 111 cm³/mol. The molecule has 5 nitrogen and oxygen atoms in total. The summed E-state index contributed by atoms with van der Waals surface area (Å²) < 4.78 is 5.27. The number of para-hydroxylation sites is 2. The van der Waals surface area contributed by atoms with Crippen LogP contribution in [-0.4, -0.2) is 24.0 Å². The van der Waals surface area contributed by atoms with Crippen LogP contribution >= 0.6 is 0 Å². The number of fused-ring (bicyclic) bond motifs is 1. The molecule has 1 heterocycles. The van der Waals surface area contributed by atoms with Crippen LogP contribution in [0.25, 0.3) is 0 Å². The van der Waals surface area contributed by atoms with E-state index in [2.05, 4.69) is 6.58 Å². The van der Waals surface area contributed by atoms with Crippen LogP contribution in [0.5, 0.6) is 11.5 Å². The Hall–Kier alpha value is -3.34. The number of hydrogen-bond donors (Lipinski definition) is 1. The van der Waals surface area contributed by atoms with E-state index in [0.717, 1.165) is 5.57 Å². The minimum atomic E-state index is -1.05. The molecule has 3 atom stereocenters. The van der Waals surface area contributed by atoms with Crippen LogP contribution in [0.15, 0.2) is 72.8 Å². The zero-order valence-corrected chi connectivity index (χ0v) is 16.5. The van der Waals surface area contributed by atoms with Crippen molar-refractivity contribution < 1.29 is 19.4 Å². The summed E-state index contributed by atoms with van der Waals surface area (Å²) in [6.07, 6.45) is 4.10. The molecule has 1 saturated heterocycles. The standard InChI is InChI=1S/C24H23NO4/c1-4-15-13-14-18-22(27)25(16-9-6-5-7-10-16)23(28)24(18,2)20(15)17-11-8-12-19(29-3)21(17)26/h4-13,18,20,26H,1,14H2,2-3H3/t18-,20+,24+/m0/s1. The Morgan fingerprint density at radius 3 is 2.55 bits per heavy atom. The van der Waals surface area contributed by atoms with Crippen molar-refractivity contribution in [1.29, 1.82) is 0 Å². The Kier molecular flexibility index (Phi) is 4.53. The number of carbonyl (C=O) groups is 2. The number of phenols is 1. The quantitative estimate of drug-likeness (QED) is 0.796. The molecule has 4 rings (SSSR count). The zero-order valence-electron chi connectivity index (χ0n) is 16.5. The lowest BCUT2D eigenvalue weighted by Crippen LogP contribution is -2.41. The molecule has 0 spiro atoms. The molecule has 0 bridgehead atoms. The summed E-state index contributed by atoms with van der Waals surface area (Å²) in [4.78, 5) is 28.3. The van der Waals surface area contributed by atoms with E-state index in [0.29, 0.717) is 23.4 Å². The van der Waals surface area contributed by atoms with Gasteiger partial charge in [0.25, 0.3) is 0 Å². The molecule has 0 saturated carbocycles. The van der Waals surface area contributed by atoms with Gasteiger partial charge in [-0.1, -0.05) is 49.1 Å². The maximum absolute atomic E-state index is 13.7. The van der Waals surface area contributed by atoms with E-state index in [1.54, 1.807) is 48.5 Å². The summed E-state index contributed by atoms with van der Waals surface area (Å²) in [7, 11) is 1.48. The van der Waals surface area contributed by atoms with Crippen molar-refractivity contribution in [2.45, 2.75) is 19.3 Å². The minimum Gasteiger partial charge on any atom is -0.504 e. The van der Waals surface area contributed by atoms with Crippen LogP contribution < -0.4 is 9.64 Å². The van der Waals surface area contributed by atoms with Gasteiger partial charge in [-0.15, -0.1) is 0 Å². The second-order valence-electron chi connectivity index (χ2n) is 7.62. The lowest BCUT2D eigenvalue weighted by Gasteiger charge is -2.40. The summed E-state index contributed by atoms with van der Waals surface area (Å²) in [5, 5.41) is 10.8. The van der Waals surface area contributed by atoms with Crippen molar-refractivity contribution in [2.75, 3.05) is 12.0 Å². The van der Waals surface area contributed by atoms with Crippen LogP contribution in [-0.2, 0) is 9.59 Å². The molecule has 2 aliphatic rings. The number of hydrogen-bond acceptors (Lipinski definition) is 4. The van der Waals surface area contributed by atoms with Crippen LogP contribution in [0.3, 0.4) is 0 Å². The number of methoxy groups -OCH3 is 1. The first-order chi connectivity index (χ1) is 13.9. The third-order valence-electron chi connectivity index (χ3n) is 6.24. The summed E-state index contributed by atoms with van der Waals surface area (Å²) in [5.41, 5.74) is 0.892. The second kappa shape index (κ2) is 6.92. The number of imide groups is 1. The van der Waals surface area contributed by atoms with Gasteiger partial charge in [-0.3, -0.25) is 9.59 Å². The number of benzene rings is 2. The SMILES string of the molecule is C=CC1=CC[C@H]2C(=O)N(c3ccccc3)C(=O)[C@@]2(C)[C@H]1c1cccc(OC)c1O. The lowest BCUT2D eigenvalue weighted by atomic mass is 9.60. The van der Waals surface area contributed by atoms with Crippen molar-refractivity contribution >= 4 is 17.5 Å². The van der Waals surface area contributed by atoms with E-state index >= 15 is 0 Å². The van der Waals surface area contributed by atoms with Gasteiger partial charge in [-0.2, -0.15) is 0 Å². The smallest absolute Gasteiger partial charge is 0.241 e. The number of carbonyl (C=O) groups excluding carboxylic acids is 2. The van der Waals surface area contributed by atoms with E-state index in [1.807, 2.05) is 19.1 Å². The normalized spacial score (nSPS) is 26.1. The highest BCUT2D eigenvalue weighted by molar-refractivity contribution is 6.24. The van der Waals surface area contributed by atoms with Crippen LogP contribution in [0.2, 0.25) is 0 Å². The van der Waals surface area contributed by atoms with Crippen molar-refractivity contribution in [2.24, 2.45) is 11.3 Å². The van der Waals surface area contributed by atoms with E-state index in [1.165, 1.54) is 12.0 Å². The van der Waals surface area contributed by atoms with Crippen molar-refractivity contribution in [3.05, 3.63) is 78.4 Å². The molecular weight excluding hydrogens is 366 g/mol. The molecule has 1 fully saturated rings. The molecular formula is C24H23NO4. The topological polar surface area (TPSA) is 66.8 Å². The van der Waals surface area contributed by atoms with Crippen molar-refractivity contribution in [3.63, 3.8) is 0 Å². The molecule has 2 amide bonds. The number of phenolic OH excluding ortho intramolecular Hbond substituents is 1. The molecule has 0 unspecified atom stereocenters. The van der Waals surface area contributed by atoms with E-state index < -0.39 is 17.3 Å². The molecule has 1 aliphatic carbocycles. The van der Waals surface area contributed by atoms with Gasteiger partial charge in [0.15, 0.2) is 11.5 Å².